The largest absolute Gasteiger partial charge is 0.324 e. The number of aromatic nitrogens is 2. The first-order valence-corrected chi connectivity index (χ1v) is 5.68. The quantitative estimate of drug-likeness (QED) is 0.666. The first-order valence-electron chi connectivity index (χ1n) is 3.98. The molecule has 82 valence electrons. The normalized spacial score (nSPS) is 10.0. The number of thiophene rings is 1. The van der Waals surface area contributed by atoms with E-state index in [1.807, 2.05) is 0 Å². The molecule has 0 aliphatic heterocycles. The molecule has 16 heavy (non-hydrogen) atoms. The topological polar surface area (TPSA) is 98.0 Å². The van der Waals surface area contributed by atoms with Crippen LogP contribution in [-0.4, -0.2) is 21.0 Å². The lowest BCUT2D eigenvalue weighted by Gasteiger charge is -1.95. The number of hydrogen-bond donors (Lipinski definition) is 1. The van der Waals surface area contributed by atoms with Crippen molar-refractivity contribution >= 4 is 38.7 Å². The molecule has 1 amide bonds. The van der Waals surface area contributed by atoms with Crippen molar-refractivity contribution in [3.8, 4) is 0 Å². The molecule has 0 saturated carbocycles. The van der Waals surface area contributed by atoms with Crippen LogP contribution in [0.15, 0.2) is 17.6 Å². The van der Waals surface area contributed by atoms with Gasteiger partial charge in [-0.15, -0.1) is 10.2 Å². The van der Waals surface area contributed by atoms with E-state index in [0.717, 1.165) is 11.3 Å². The Morgan fingerprint density at radius 3 is 2.88 bits per heavy atom. The highest BCUT2D eigenvalue weighted by Crippen LogP contribution is 2.24. The molecule has 7 nitrogen and oxygen atoms in total. The van der Waals surface area contributed by atoms with E-state index >= 15 is 0 Å². The van der Waals surface area contributed by atoms with E-state index in [2.05, 4.69) is 15.5 Å². The molecule has 9 heteroatoms. The number of nitro groups is 1. The van der Waals surface area contributed by atoms with E-state index in [4.69, 9.17) is 0 Å². The van der Waals surface area contributed by atoms with Crippen molar-refractivity contribution in [3.63, 3.8) is 0 Å². The van der Waals surface area contributed by atoms with Crippen LogP contribution >= 0.6 is 22.7 Å². The van der Waals surface area contributed by atoms with Gasteiger partial charge in [-0.1, -0.05) is 22.7 Å². The standard InChI is InChI=1S/C7H4N4O3S2/c12-6(9-7-10-8-3-15-7)4-1-2-5(16-4)11(13)14/h1-3H,(H,9,10,12). The predicted octanol–water partition coefficient (Wildman–Crippen LogP) is 1.76. The van der Waals surface area contributed by atoms with Crippen molar-refractivity contribution in [1.29, 1.82) is 0 Å². The Morgan fingerprint density at radius 2 is 2.31 bits per heavy atom. The summed E-state index contributed by atoms with van der Waals surface area (Å²) in [5, 5.41) is 20.4. The van der Waals surface area contributed by atoms with Gasteiger partial charge in [0.15, 0.2) is 0 Å². The van der Waals surface area contributed by atoms with Crippen molar-refractivity contribution in [2.45, 2.75) is 0 Å². The lowest BCUT2D eigenvalue weighted by atomic mass is 10.4. The zero-order chi connectivity index (χ0) is 11.5. The van der Waals surface area contributed by atoms with E-state index in [9.17, 15) is 14.9 Å². The molecule has 0 aliphatic carbocycles. The van der Waals surface area contributed by atoms with Crippen LogP contribution in [0.5, 0.6) is 0 Å². The van der Waals surface area contributed by atoms with Crippen molar-refractivity contribution in [2.75, 3.05) is 5.32 Å². The minimum atomic E-state index is -0.535. The van der Waals surface area contributed by atoms with Crippen molar-refractivity contribution in [1.82, 2.24) is 10.2 Å². The number of nitrogens with zero attached hydrogens (tertiary/aromatic N) is 3. The molecular formula is C7H4N4O3S2. The molecule has 0 aromatic carbocycles. The molecule has 0 bridgehead atoms. The third-order valence-corrected chi connectivity index (χ3v) is 3.22. The van der Waals surface area contributed by atoms with Crippen LogP contribution in [0.1, 0.15) is 9.67 Å². The lowest BCUT2D eigenvalue weighted by Crippen LogP contribution is -2.09. The molecule has 0 radical (unpaired) electrons. The summed E-state index contributed by atoms with van der Waals surface area (Å²) in [4.78, 5) is 21.7. The average molecular weight is 256 g/mol. The third kappa shape index (κ3) is 2.20. The molecule has 2 aromatic heterocycles. The molecule has 2 heterocycles. The zero-order valence-electron chi connectivity index (χ0n) is 7.61. The van der Waals surface area contributed by atoms with E-state index in [1.54, 1.807) is 0 Å². The van der Waals surface area contributed by atoms with Gasteiger partial charge in [0.25, 0.3) is 5.91 Å². The summed E-state index contributed by atoms with van der Waals surface area (Å²) in [6, 6.07) is 2.69. The molecule has 0 spiro atoms. The van der Waals surface area contributed by atoms with Gasteiger partial charge in [0.05, 0.1) is 9.80 Å². The summed E-state index contributed by atoms with van der Waals surface area (Å²) >= 11 is 1.99. The first kappa shape index (κ1) is 10.6. The molecule has 2 aromatic rings. The maximum atomic E-state index is 11.6. The van der Waals surface area contributed by atoms with E-state index in [1.165, 1.54) is 29.0 Å². The second-order valence-corrected chi connectivity index (χ2v) is 4.49. The molecule has 0 aliphatic rings. The minimum absolute atomic E-state index is 0.0672. The number of amides is 1. The van der Waals surface area contributed by atoms with Gasteiger partial charge in [-0.25, -0.2) is 0 Å². The van der Waals surface area contributed by atoms with Crippen LogP contribution in [0, 0.1) is 10.1 Å². The van der Waals surface area contributed by atoms with Gasteiger partial charge >= 0.3 is 5.00 Å². The van der Waals surface area contributed by atoms with Gasteiger partial charge < -0.3 is 0 Å². The Kier molecular flexibility index (Phi) is 2.88. The number of carbonyl (C=O) groups excluding carboxylic acids is 1. The number of hydrogen-bond acceptors (Lipinski definition) is 7. The molecule has 0 fully saturated rings. The fraction of sp³-hybridized carbons (Fsp3) is 0. The lowest BCUT2D eigenvalue weighted by molar-refractivity contribution is -0.380. The Balaban J connectivity index is 2.12. The van der Waals surface area contributed by atoms with E-state index in [0.29, 0.717) is 5.13 Å². The fourth-order valence-electron chi connectivity index (χ4n) is 0.934. The Bertz CT molecular complexity index is 521. The Morgan fingerprint density at radius 1 is 1.50 bits per heavy atom. The maximum Gasteiger partial charge on any atom is 0.324 e. The highest BCUT2D eigenvalue weighted by atomic mass is 32.1. The summed E-state index contributed by atoms with van der Waals surface area (Å²) in [6.07, 6.45) is 0. The molecule has 0 saturated heterocycles. The van der Waals surface area contributed by atoms with Crippen molar-refractivity contribution < 1.29 is 9.72 Å². The monoisotopic (exact) mass is 256 g/mol. The number of rotatable bonds is 3. The van der Waals surface area contributed by atoms with Gasteiger partial charge in [-0.3, -0.25) is 20.2 Å². The summed E-state index contributed by atoms with van der Waals surface area (Å²) < 4.78 is 0. The third-order valence-electron chi connectivity index (χ3n) is 1.58. The highest BCUT2D eigenvalue weighted by molar-refractivity contribution is 7.17. The van der Waals surface area contributed by atoms with Gasteiger partial charge in [-0.2, -0.15) is 0 Å². The second-order valence-electron chi connectivity index (χ2n) is 2.59. The van der Waals surface area contributed by atoms with E-state index in [-0.39, 0.29) is 9.88 Å². The van der Waals surface area contributed by atoms with Crippen molar-refractivity contribution in [3.05, 3.63) is 32.6 Å². The Labute approximate surface area is 96.9 Å². The van der Waals surface area contributed by atoms with Gasteiger partial charge in [0.1, 0.15) is 5.51 Å². The average Bonchev–Trinajstić information content (AvgIpc) is 2.86. The van der Waals surface area contributed by atoms with Crippen LogP contribution in [0.25, 0.3) is 0 Å². The Hall–Kier alpha value is -1.87. The van der Waals surface area contributed by atoms with Gasteiger partial charge in [0.2, 0.25) is 5.13 Å². The molecule has 0 unspecified atom stereocenters. The second kappa shape index (κ2) is 4.33. The summed E-state index contributed by atoms with van der Waals surface area (Å²) in [6.45, 7) is 0. The zero-order valence-corrected chi connectivity index (χ0v) is 9.25. The molecule has 1 N–H and O–H groups in total. The summed E-state index contributed by atoms with van der Waals surface area (Å²) in [5.74, 6) is -0.421. The predicted molar refractivity (Wildman–Crippen MR) is 58.8 cm³/mol. The SMILES string of the molecule is O=C(Nc1nncs1)c1ccc([N+](=O)[O-])s1. The summed E-state index contributed by atoms with van der Waals surface area (Å²) in [7, 11) is 0. The molecule has 0 atom stereocenters. The van der Waals surface area contributed by atoms with Crippen LogP contribution in [-0.2, 0) is 0 Å². The minimum Gasteiger partial charge on any atom is -0.296 e. The summed E-state index contributed by atoms with van der Waals surface area (Å²) in [5.41, 5.74) is 1.48. The number of carbonyl (C=O) groups is 1. The molecule has 2 rings (SSSR count). The van der Waals surface area contributed by atoms with Crippen LogP contribution < -0.4 is 5.32 Å². The maximum absolute atomic E-state index is 11.6. The highest BCUT2D eigenvalue weighted by Gasteiger charge is 2.15. The van der Waals surface area contributed by atoms with Gasteiger partial charge in [-0.05, 0) is 6.07 Å². The van der Waals surface area contributed by atoms with Crippen molar-refractivity contribution in [2.24, 2.45) is 0 Å². The molecular weight excluding hydrogens is 252 g/mol. The van der Waals surface area contributed by atoms with Crippen LogP contribution in [0.4, 0.5) is 10.1 Å². The van der Waals surface area contributed by atoms with E-state index < -0.39 is 10.8 Å². The number of anilines is 1. The van der Waals surface area contributed by atoms with Crippen LogP contribution in [0.3, 0.4) is 0 Å². The van der Waals surface area contributed by atoms with Crippen LogP contribution in [0.2, 0.25) is 0 Å². The van der Waals surface area contributed by atoms with Gasteiger partial charge in [0, 0.05) is 6.07 Å². The first-order chi connectivity index (χ1) is 7.66. The fourth-order valence-corrected chi connectivity index (χ4v) is 2.09. The number of nitrogens with one attached hydrogen (secondary N) is 1. The smallest absolute Gasteiger partial charge is 0.296 e.